The van der Waals surface area contributed by atoms with Gasteiger partial charge in [0.2, 0.25) is 0 Å². The first-order valence-corrected chi connectivity index (χ1v) is 6.60. The minimum absolute atomic E-state index is 0.259. The van der Waals surface area contributed by atoms with Crippen LogP contribution in [0, 0.1) is 11.6 Å². The van der Waals surface area contributed by atoms with E-state index in [0.717, 1.165) is 23.6 Å². The third-order valence-corrected chi connectivity index (χ3v) is 2.93. The van der Waals surface area contributed by atoms with Gasteiger partial charge in [0, 0.05) is 18.7 Å². The van der Waals surface area contributed by atoms with Crippen molar-refractivity contribution >= 4 is 0 Å². The number of ether oxygens (including phenoxy) is 2. The van der Waals surface area contributed by atoms with Crippen molar-refractivity contribution in [2.24, 2.45) is 0 Å². The Hall–Kier alpha value is -2.14. The zero-order valence-electron chi connectivity index (χ0n) is 11.7. The largest absolute Gasteiger partial charge is 0.497 e. The molecule has 0 saturated heterocycles. The molecule has 2 aromatic carbocycles. The molecule has 0 aromatic heterocycles. The maximum Gasteiger partial charge on any atom is 0.127 e. The summed E-state index contributed by atoms with van der Waals surface area (Å²) in [7, 11) is 1.60. The predicted molar refractivity (Wildman–Crippen MR) is 76.6 cm³/mol. The van der Waals surface area contributed by atoms with Crippen LogP contribution >= 0.6 is 0 Å². The lowest BCUT2D eigenvalue weighted by atomic mass is 10.2. The third-order valence-electron chi connectivity index (χ3n) is 2.93. The zero-order valence-corrected chi connectivity index (χ0v) is 11.7. The minimum atomic E-state index is -0.442. The van der Waals surface area contributed by atoms with Crippen molar-refractivity contribution in [2.75, 3.05) is 20.3 Å². The average molecular weight is 293 g/mol. The number of halogens is 2. The Kier molecular flexibility index (Phi) is 5.51. The number of hydrogen-bond acceptors (Lipinski definition) is 3. The van der Waals surface area contributed by atoms with Gasteiger partial charge in [-0.05, 0) is 42.5 Å². The molecule has 0 aliphatic rings. The molecular formula is C16H17F2NO2. The Morgan fingerprint density at radius 2 is 1.71 bits per heavy atom. The van der Waals surface area contributed by atoms with Gasteiger partial charge >= 0.3 is 0 Å². The second kappa shape index (κ2) is 7.59. The molecule has 0 atom stereocenters. The Morgan fingerprint density at radius 1 is 1.00 bits per heavy atom. The Morgan fingerprint density at radius 3 is 2.43 bits per heavy atom. The summed E-state index contributed by atoms with van der Waals surface area (Å²) in [6.45, 7) is 1.22. The van der Waals surface area contributed by atoms with E-state index in [1.165, 1.54) is 6.07 Å². The first-order chi connectivity index (χ1) is 10.2. The smallest absolute Gasteiger partial charge is 0.127 e. The molecule has 3 nitrogen and oxygen atoms in total. The van der Waals surface area contributed by atoms with Crippen molar-refractivity contribution in [3.05, 3.63) is 59.7 Å². The van der Waals surface area contributed by atoms with Crippen molar-refractivity contribution in [3.63, 3.8) is 0 Å². The Bertz CT molecular complexity index is 573. The van der Waals surface area contributed by atoms with Gasteiger partial charge in [-0.15, -0.1) is 0 Å². The third kappa shape index (κ3) is 4.72. The molecule has 0 aliphatic heterocycles. The molecule has 1 N–H and O–H groups in total. The maximum absolute atomic E-state index is 13.4. The van der Waals surface area contributed by atoms with Crippen LogP contribution in [-0.4, -0.2) is 20.3 Å². The quantitative estimate of drug-likeness (QED) is 0.796. The second-order valence-electron chi connectivity index (χ2n) is 4.44. The molecule has 0 unspecified atom stereocenters. The molecule has 5 heteroatoms. The lowest BCUT2D eigenvalue weighted by molar-refractivity contribution is 0.312. The fourth-order valence-corrected chi connectivity index (χ4v) is 1.81. The van der Waals surface area contributed by atoms with Crippen LogP contribution in [0.2, 0.25) is 0 Å². The molecule has 0 aliphatic carbocycles. The topological polar surface area (TPSA) is 30.5 Å². The fourth-order valence-electron chi connectivity index (χ4n) is 1.81. The van der Waals surface area contributed by atoms with Gasteiger partial charge in [-0.25, -0.2) is 8.78 Å². The summed E-state index contributed by atoms with van der Waals surface area (Å²) in [5.74, 6) is 0.638. The summed E-state index contributed by atoms with van der Waals surface area (Å²) >= 11 is 0. The second-order valence-corrected chi connectivity index (χ2v) is 4.44. The highest BCUT2D eigenvalue weighted by Gasteiger charge is 2.03. The van der Waals surface area contributed by atoms with Gasteiger partial charge in [0.05, 0.1) is 7.11 Å². The number of rotatable bonds is 7. The van der Waals surface area contributed by atoms with Crippen LogP contribution in [0.1, 0.15) is 5.56 Å². The number of hydrogen-bond donors (Lipinski definition) is 1. The van der Waals surface area contributed by atoms with E-state index in [4.69, 9.17) is 9.47 Å². The molecule has 0 saturated carbocycles. The molecule has 0 radical (unpaired) electrons. The van der Waals surface area contributed by atoms with Crippen molar-refractivity contribution in [3.8, 4) is 11.5 Å². The van der Waals surface area contributed by atoms with Crippen LogP contribution in [0.25, 0.3) is 0 Å². The van der Waals surface area contributed by atoms with E-state index in [2.05, 4.69) is 5.32 Å². The van der Waals surface area contributed by atoms with Gasteiger partial charge in [0.1, 0.15) is 29.7 Å². The van der Waals surface area contributed by atoms with Crippen molar-refractivity contribution in [1.82, 2.24) is 5.32 Å². The Balaban J connectivity index is 1.71. The number of nitrogens with one attached hydrogen (secondary N) is 1. The van der Waals surface area contributed by atoms with Crippen molar-refractivity contribution in [1.29, 1.82) is 0 Å². The normalized spacial score (nSPS) is 10.4. The number of methoxy groups -OCH3 is 1. The highest BCUT2D eigenvalue weighted by atomic mass is 19.1. The summed E-state index contributed by atoms with van der Waals surface area (Å²) in [5, 5.41) is 3.01. The van der Waals surface area contributed by atoms with E-state index in [0.29, 0.717) is 18.7 Å². The first kappa shape index (κ1) is 15.3. The maximum atomic E-state index is 13.4. The van der Waals surface area contributed by atoms with Crippen molar-refractivity contribution in [2.45, 2.75) is 6.54 Å². The van der Waals surface area contributed by atoms with Crippen LogP contribution in [0.3, 0.4) is 0 Å². The SMILES string of the molecule is COc1ccc(OCCNCc2cc(F)ccc2F)cc1. The lowest BCUT2D eigenvalue weighted by Crippen LogP contribution is -2.21. The highest BCUT2D eigenvalue weighted by Crippen LogP contribution is 2.16. The van der Waals surface area contributed by atoms with E-state index < -0.39 is 11.6 Å². The van der Waals surface area contributed by atoms with Gasteiger partial charge < -0.3 is 14.8 Å². The van der Waals surface area contributed by atoms with E-state index in [9.17, 15) is 8.78 Å². The van der Waals surface area contributed by atoms with Crippen LogP contribution in [0.4, 0.5) is 8.78 Å². The highest BCUT2D eigenvalue weighted by molar-refractivity contribution is 5.31. The summed E-state index contributed by atoms with van der Waals surface area (Å²) in [4.78, 5) is 0. The minimum Gasteiger partial charge on any atom is -0.497 e. The monoisotopic (exact) mass is 293 g/mol. The van der Waals surface area contributed by atoms with E-state index in [-0.39, 0.29) is 6.54 Å². The summed E-state index contributed by atoms with van der Waals surface area (Å²) in [6.07, 6.45) is 0. The van der Waals surface area contributed by atoms with E-state index in [1.54, 1.807) is 7.11 Å². The number of benzene rings is 2. The molecule has 0 bridgehead atoms. The molecule has 0 spiro atoms. The molecule has 21 heavy (non-hydrogen) atoms. The van der Waals surface area contributed by atoms with Crippen molar-refractivity contribution < 1.29 is 18.3 Å². The fraction of sp³-hybridized carbons (Fsp3) is 0.250. The molecule has 2 aromatic rings. The average Bonchev–Trinajstić information content (AvgIpc) is 2.51. The molecule has 0 heterocycles. The van der Waals surface area contributed by atoms with Gasteiger partial charge in [-0.2, -0.15) is 0 Å². The molecule has 0 fully saturated rings. The van der Waals surface area contributed by atoms with Gasteiger partial charge in [0.15, 0.2) is 0 Å². The van der Waals surface area contributed by atoms with E-state index in [1.807, 2.05) is 24.3 Å². The van der Waals surface area contributed by atoms with Gasteiger partial charge in [-0.1, -0.05) is 0 Å². The molecule has 112 valence electrons. The zero-order chi connectivity index (χ0) is 15.1. The predicted octanol–water partition coefficient (Wildman–Crippen LogP) is 3.14. The first-order valence-electron chi connectivity index (χ1n) is 6.60. The van der Waals surface area contributed by atoms with Gasteiger partial charge in [-0.3, -0.25) is 0 Å². The Labute approximate surface area is 122 Å². The summed E-state index contributed by atoms with van der Waals surface area (Å²) < 4.78 is 36.9. The summed E-state index contributed by atoms with van der Waals surface area (Å²) in [6, 6.07) is 10.7. The van der Waals surface area contributed by atoms with Crippen LogP contribution in [0.15, 0.2) is 42.5 Å². The molecular weight excluding hydrogens is 276 g/mol. The summed E-state index contributed by atoms with van der Waals surface area (Å²) in [5.41, 5.74) is 0.305. The van der Waals surface area contributed by atoms with Crippen LogP contribution in [-0.2, 0) is 6.54 Å². The lowest BCUT2D eigenvalue weighted by Gasteiger charge is -2.09. The van der Waals surface area contributed by atoms with Gasteiger partial charge in [0.25, 0.3) is 0 Å². The molecule has 2 rings (SSSR count). The standard InChI is InChI=1S/C16H17F2NO2/c1-20-14-3-5-15(6-4-14)21-9-8-19-11-12-10-13(17)2-7-16(12)18/h2-7,10,19H,8-9,11H2,1H3. The van der Waals surface area contributed by atoms with Crippen LogP contribution < -0.4 is 14.8 Å². The van der Waals surface area contributed by atoms with E-state index >= 15 is 0 Å². The van der Waals surface area contributed by atoms with Crippen LogP contribution in [0.5, 0.6) is 11.5 Å². The molecule has 0 amide bonds.